The van der Waals surface area contributed by atoms with Crippen molar-refractivity contribution in [2.24, 2.45) is 0 Å². The number of amides is 1. The first-order chi connectivity index (χ1) is 22.7. The van der Waals surface area contributed by atoms with Gasteiger partial charge in [0.1, 0.15) is 0 Å². The third-order valence-corrected chi connectivity index (χ3v) is 9.43. The van der Waals surface area contributed by atoms with Gasteiger partial charge in [0.15, 0.2) is 0 Å². The molecule has 3 N–H and O–H groups in total. The van der Waals surface area contributed by atoms with E-state index in [0.29, 0.717) is 6.42 Å². The molecule has 1 amide bonds. The van der Waals surface area contributed by atoms with E-state index < -0.39 is 12.1 Å². The molecule has 0 radical (unpaired) electrons. The van der Waals surface area contributed by atoms with Crippen molar-refractivity contribution >= 4 is 5.91 Å². The van der Waals surface area contributed by atoms with Gasteiger partial charge in [-0.05, 0) is 44.9 Å². The highest BCUT2D eigenvalue weighted by molar-refractivity contribution is 5.76. The third-order valence-electron chi connectivity index (χ3n) is 9.43. The lowest BCUT2D eigenvalue weighted by atomic mass is 10.0. The Morgan fingerprint density at radius 1 is 0.500 bits per heavy atom. The van der Waals surface area contributed by atoms with Crippen molar-refractivity contribution < 1.29 is 15.0 Å². The number of carbonyl (C=O) groups is 1. The average Bonchev–Trinajstić information content (AvgIpc) is 3.06. The van der Waals surface area contributed by atoms with Crippen LogP contribution in [-0.4, -0.2) is 34.9 Å². The van der Waals surface area contributed by atoms with Gasteiger partial charge < -0.3 is 15.5 Å². The van der Waals surface area contributed by atoms with Crippen molar-refractivity contribution in [2.45, 2.75) is 231 Å². The van der Waals surface area contributed by atoms with Gasteiger partial charge in [-0.2, -0.15) is 0 Å². The summed E-state index contributed by atoms with van der Waals surface area (Å²) in [5.74, 6) is -0.0681. The van der Waals surface area contributed by atoms with Crippen LogP contribution >= 0.6 is 0 Å². The van der Waals surface area contributed by atoms with Gasteiger partial charge >= 0.3 is 0 Å². The summed E-state index contributed by atoms with van der Waals surface area (Å²) < 4.78 is 0. The summed E-state index contributed by atoms with van der Waals surface area (Å²) in [6.07, 6.45) is 48.4. The van der Waals surface area contributed by atoms with E-state index in [-0.39, 0.29) is 12.5 Å². The van der Waals surface area contributed by atoms with Crippen LogP contribution in [0.2, 0.25) is 0 Å². The second kappa shape index (κ2) is 38.3. The van der Waals surface area contributed by atoms with Gasteiger partial charge in [-0.15, -0.1) is 0 Å². The van der Waals surface area contributed by atoms with E-state index in [0.717, 1.165) is 25.7 Å². The van der Waals surface area contributed by atoms with E-state index in [9.17, 15) is 15.0 Å². The predicted octanol–water partition coefficient (Wildman–Crippen LogP) is 12.5. The van der Waals surface area contributed by atoms with Gasteiger partial charge in [-0.1, -0.05) is 192 Å². The number of hydrogen-bond acceptors (Lipinski definition) is 3. The standard InChI is InChI=1S/C42H81NO3/c1-3-5-7-9-11-13-15-17-18-19-20-21-22-23-24-26-28-30-32-34-36-38-42(46)43-40(39-44)41(45)37-35-33-31-29-27-25-16-14-12-10-8-6-4-2/h21-22,35,37,40-41,44-45H,3-20,23-34,36,38-39H2,1-2H3,(H,43,46)/b22-21-,37-35+. The molecule has 0 spiro atoms. The van der Waals surface area contributed by atoms with Crippen LogP contribution in [0.1, 0.15) is 219 Å². The molecule has 4 heteroatoms. The second-order valence-electron chi connectivity index (χ2n) is 14.1. The molecule has 2 atom stereocenters. The molecule has 0 aliphatic rings. The van der Waals surface area contributed by atoms with Gasteiger partial charge in [0, 0.05) is 6.42 Å². The zero-order valence-corrected chi connectivity index (χ0v) is 31.1. The highest BCUT2D eigenvalue weighted by atomic mass is 16.3. The van der Waals surface area contributed by atoms with Crippen LogP contribution in [0, 0.1) is 0 Å². The highest BCUT2D eigenvalue weighted by Gasteiger charge is 2.17. The first-order valence-electron chi connectivity index (χ1n) is 20.6. The SMILES string of the molecule is CCCCCCCCCCCC/C=C\CCCCCCCCCC(=O)NC(CO)C(O)/C=C/CCCCCCCCCCCCC. The maximum absolute atomic E-state index is 12.3. The van der Waals surface area contributed by atoms with Crippen LogP contribution in [0.15, 0.2) is 24.3 Å². The normalized spacial score (nSPS) is 13.2. The number of allylic oxidation sites excluding steroid dienone is 3. The lowest BCUT2D eigenvalue weighted by Crippen LogP contribution is -2.45. The fraction of sp³-hybridized carbons (Fsp3) is 0.881. The Morgan fingerprint density at radius 2 is 0.826 bits per heavy atom. The maximum Gasteiger partial charge on any atom is 0.220 e. The Labute approximate surface area is 288 Å². The van der Waals surface area contributed by atoms with E-state index >= 15 is 0 Å². The van der Waals surface area contributed by atoms with E-state index in [2.05, 4.69) is 31.3 Å². The summed E-state index contributed by atoms with van der Waals surface area (Å²) >= 11 is 0. The van der Waals surface area contributed by atoms with Crippen molar-refractivity contribution in [2.75, 3.05) is 6.61 Å². The Kier molecular flexibility index (Phi) is 37.4. The van der Waals surface area contributed by atoms with Gasteiger partial charge in [-0.3, -0.25) is 4.79 Å². The van der Waals surface area contributed by atoms with E-state index in [4.69, 9.17) is 0 Å². The summed E-state index contributed by atoms with van der Waals surface area (Å²) in [6, 6.07) is -0.620. The molecule has 0 saturated carbocycles. The zero-order chi connectivity index (χ0) is 33.6. The maximum atomic E-state index is 12.3. The Morgan fingerprint density at radius 3 is 1.20 bits per heavy atom. The van der Waals surface area contributed by atoms with Gasteiger partial charge in [-0.25, -0.2) is 0 Å². The van der Waals surface area contributed by atoms with E-state index in [1.54, 1.807) is 6.08 Å². The topological polar surface area (TPSA) is 69.6 Å². The molecule has 0 saturated heterocycles. The van der Waals surface area contributed by atoms with Crippen LogP contribution in [0.4, 0.5) is 0 Å². The van der Waals surface area contributed by atoms with Crippen LogP contribution in [0.25, 0.3) is 0 Å². The van der Waals surface area contributed by atoms with Crippen molar-refractivity contribution in [3.05, 3.63) is 24.3 Å². The first-order valence-corrected chi connectivity index (χ1v) is 20.6. The smallest absolute Gasteiger partial charge is 0.220 e. The van der Waals surface area contributed by atoms with Crippen molar-refractivity contribution in [3.63, 3.8) is 0 Å². The number of unbranched alkanes of at least 4 members (excludes halogenated alkanes) is 28. The summed E-state index contributed by atoms with van der Waals surface area (Å²) in [7, 11) is 0. The van der Waals surface area contributed by atoms with Gasteiger partial charge in [0.25, 0.3) is 0 Å². The average molecular weight is 648 g/mol. The monoisotopic (exact) mass is 648 g/mol. The van der Waals surface area contributed by atoms with Gasteiger partial charge in [0.05, 0.1) is 18.8 Å². The Hall–Kier alpha value is -1.13. The molecular formula is C42H81NO3. The fourth-order valence-electron chi connectivity index (χ4n) is 6.23. The number of carbonyl (C=O) groups excluding carboxylic acids is 1. The molecule has 0 heterocycles. The minimum atomic E-state index is -0.837. The number of rotatable bonds is 37. The molecular weight excluding hydrogens is 566 g/mol. The molecule has 272 valence electrons. The van der Waals surface area contributed by atoms with Crippen LogP contribution in [0.3, 0.4) is 0 Å². The number of aliphatic hydroxyl groups is 2. The summed E-state index contributed by atoms with van der Waals surface area (Å²) in [4.78, 5) is 12.3. The molecule has 46 heavy (non-hydrogen) atoms. The molecule has 2 unspecified atom stereocenters. The van der Waals surface area contributed by atoms with Crippen LogP contribution in [-0.2, 0) is 4.79 Å². The first kappa shape index (κ1) is 44.9. The predicted molar refractivity (Wildman–Crippen MR) is 202 cm³/mol. The van der Waals surface area contributed by atoms with Crippen LogP contribution in [0.5, 0.6) is 0 Å². The number of hydrogen-bond donors (Lipinski definition) is 3. The Balaban J connectivity index is 3.56. The molecule has 0 aromatic carbocycles. The fourth-order valence-corrected chi connectivity index (χ4v) is 6.23. The second-order valence-corrected chi connectivity index (χ2v) is 14.1. The van der Waals surface area contributed by atoms with Crippen LogP contribution < -0.4 is 5.32 Å². The quantitative estimate of drug-likeness (QED) is 0.0464. The summed E-state index contributed by atoms with van der Waals surface area (Å²) in [5.41, 5.74) is 0. The summed E-state index contributed by atoms with van der Waals surface area (Å²) in [5, 5.41) is 22.9. The van der Waals surface area contributed by atoms with Crippen molar-refractivity contribution in [1.29, 1.82) is 0 Å². The van der Waals surface area contributed by atoms with E-state index in [1.807, 2.05) is 6.08 Å². The van der Waals surface area contributed by atoms with Crippen molar-refractivity contribution in [3.8, 4) is 0 Å². The molecule has 0 fully saturated rings. The zero-order valence-electron chi connectivity index (χ0n) is 31.1. The largest absolute Gasteiger partial charge is 0.394 e. The lowest BCUT2D eigenvalue weighted by Gasteiger charge is -2.20. The van der Waals surface area contributed by atoms with Gasteiger partial charge in [0.2, 0.25) is 5.91 Å². The molecule has 0 aromatic heterocycles. The molecule has 0 rings (SSSR count). The minimum absolute atomic E-state index is 0.0681. The molecule has 0 bridgehead atoms. The number of nitrogens with one attached hydrogen (secondary N) is 1. The molecule has 0 aromatic rings. The molecule has 4 nitrogen and oxygen atoms in total. The third kappa shape index (κ3) is 34.2. The molecule has 0 aliphatic heterocycles. The molecule has 0 aliphatic carbocycles. The minimum Gasteiger partial charge on any atom is -0.394 e. The highest BCUT2D eigenvalue weighted by Crippen LogP contribution is 2.14. The summed E-state index contributed by atoms with van der Waals surface area (Å²) in [6.45, 7) is 4.31. The number of aliphatic hydroxyl groups excluding tert-OH is 2. The lowest BCUT2D eigenvalue weighted by molar-refractivity contribution is -0.123. The van der Waals surface area contributed by atoms with Crippen molar-refractivity contribution in [1.82, 2.24) is 5.32 Å². The van der Waals surface area contributed by atoms with E-state index in [1.165, 1.54) is 173 Å². The Bertz CT molecular complexity index is 661.